The van der Waals surface area contributed by atoms with Crippen LogP contribution < -0.4 is 0 Å². The molecule has 18 heavy (non-hydrogen) atoms. The molecule has 0 spiro atoms. The van der Waals surface area contributed by atoms with Crippen molar-refractivity contribution in [3.05, 3.63) is 69.7 Å². The Labute approximate surface area is 119 Å². The molecule has 2 aromatic rings. The second kappa shape index (κ2) is 6.26. The molecular weight excluding hydrogens is 263 g/mol. The third-order valence-electron chi connectivity index (χ3n) is 3.22. The van der Waals surface area contributed by atoms with Crippen LogP contribution in [-0.4, -0.2) is 0 Å². The van der Waals surface area contributed by atoms with Gasteiger partial charge < -0.3 is 0 Å². The van der Waals surface area contributed by atoms with E-state index in [0.29, 0.717) is 5.92 Å². The maximum absolute atomic E-state index is 5.89. The van der Waals surface area contributed by atoms with E-state index in [-0.39, 0.29) is 0 Å². The largest absolute Gasteiger partial charge is 0.0843 e. The van der Waals surface area contributed by atoms with Crippen molar-refractivity contribution in [2.24, 2.45) is 0 Å². The van der Waals surface area contributed by atoms with Gasteiger partial charge >= 0.3 is 0 Å². The second-order valence-corrected chi connectivity index (χ2v) is 5.49. The molecule has 94 valence electrons. The molecule has 0 aliphatic heterocycles. The molecule has 0 bridgehead atoms. The van der Waals surface area contributed by atoms with Crippen LogP contribution in [0, 0.1) is 0 Å². The predicted molar refractivity (Wildman–Crippen MR) is 79.6 cm³/mol. The molecule has 0 N–H and O–H groups in total. The standard InChI is InChI=1S/C16H16Cl2/c1-12(14-6-10-16(18)11-7-14)2-3-13-4-8-15(17)9-5-13/h4-12H,2-3H2,1H3. The van der Waals surface area contributed by atoms with E-state index in [2.05, 4.69) is 31.2 Å². The Morgan fingerprint density at radius 3 is 1.89 bits per heavy atom. The van der Waals surface area contributed by atoms with Gasteiger partial charge in [0.25, 0.3) is 0 Å². The van der Waals surface area contributed by atoms with Crippen LogP contribution in [0.5, 0.6) is 0 Å². The van der Waals surface area contributed by atoms with E-state index in [4.69, 9.17) is 23.2 Å². The van der Waals surface area contributed by atoms with Crippen molar-refractivity contribution in [1.82, 2.24) is 0 Å². The first-order valence-corrected chi connectivity index (χ1v) is 6.90. The molecule has 0 amide bonds. The number of hydrogen-bond acceptors (Lipinski definition) is 0. The molecule has 0 aliphatic carbocycles. The lowest BCUT2D eigenvalue weighted by atomic mass is 9.94. The summed E-state index contributed by atoms with van der Waals surface area (Å²) in [4.78, 5) is 0. The Kier molecular flexibility index (Phi) is 4.68. The molecule has 0 aliphatic rings. The first-order chi connectivity index (χ1) is 8.65. The van der Waals surface area contributed by atoms with Crippen molar-refractivity contribution in [3.8, 4) is 0 Å². The normalized spacial score (nSPS) is 12.4. The summed E-state index contributed by atoms with van der Waals surface area (Å²) in [5, 5.41) is 1.59. The van der Waals surface area contributed by atoms with Crippen molar-refractivity contribution in [2.75, 3.05) is 0 Å². The molecule has 0 aromatic heterocycles. The Balaban J connectivity index is 1.93. The number of benzene rings is 2. The summed E-state index contributed by atoms with van der Waals surface area (Å²) in [5.41, 5.74) is 2.67. The Hall–Kier alpha value is -0.980. The summed E-state index contributed by atoms with van der Waals surface area (Å²) in [7, 11) is 0. The average Bonchev–Trinajstić information content (AvgIpc) is 2.38. The van der Waals surface area contributed by atoms with Crippen molar-refractivity contribution < 1.29 is 0 Å². The fourth-order valence-corrected chi connectivity index (χ4v) is 2.24. The van der Waals surface area contributed by atoms with Gasteiger partial charge in [0.05, 0.1) is 0 Å². The van der Waals surface area contributed by atoms with Crippen molar-refractivity contribution in [3.63, 3.8) is 0 Å². The van der Waals surface area contributed by atoms with E-state index in [1.807, 2.05) is 24.3 Å². The van der Waals surface area contributed by atoms with Gasteiger partial charge in [0.15, 0.2) is 0 Å². The lowest BCUT2D eigenvalue weighted by Crippen LogP contribution is -1.96. The van der Waals surface area contributed by atoms with Gasteiger partial charge in [0.2, 0.25) is 0 Å². The molecule has 2 heteroatoms. The fraction of sp³-hybridized carbons (Fsp3) is 0.250. The van der Waals surface area contributed by atoms with Crippen molar-refractivity contribution >= 4 is 23.2 Å². The van der Waals surface area contributed by atoms with Gasteiger partial charge in [0, 0.05) is 10.0 Å². The molecule has 2 rings (SSSR count). The van der Waals surface area contributed by atoms with Crippen LogP contribution >= 0.6 is 23.2 Å². The van der Waals surface area contributed by atoms with Crippen LogP contribution in [0.2, 0.25) is 10.0 Å². The summed E-state index contributed by atoms with van der Waals surface area (Å²) in [6.07, 6.45) is 2.20. The molecule has 0 saturated heterocycles. The fourth-order valence-electron chi connectivity index (χ4n) is 1.99. The molecule has 0 heterocycles. The zero-order valence-electron chi connectivity index (χ0n) is 10.4. The van der Waals surface area contributed by atoms with Gasteiger partial charge in [-0.05, 0) is 54.2 Å². The number of rotatable bonds is 4. The van der Waals surface area contributed by atoms with Gasteiger partial charge in [-0.1, -0.05) is 54.4 Å². The first kappa shape index (κ1) is 13.5. The van der Waals surface area contributed by atoms with Crippen molar-refractivity contribution in [2.45, 2.75) is 25.7 Å². The van der Waals surface area contributed by atoms with E-state index in [9.17, 15) is 0 Å². The van der Waals surface area contributed by atoms with Gasteiger partial charge in [-0.25, -0.2) is 0 Å². The topological polar surface area (TPSA) is 0 Å². The van der Waals surface area contributed by atoms with Crippen LogP contribution in [0.3, 0.4) is 0 Å². The zero-order chi connectivity index (χ0) is 13.0. The summed E-state index contributed by atoms with van der Waals surface area (Å²) in [6, 6.07) is 16.2. The van der Waals surface area contributed by atoms with Crippen LogP contribution in [0.4, 0.5) is 0 Å². The van der Waals surface area contributed by atoms with E-state index in [1.165, 1.54) is 11.1 Å². The van der Waals surface area contributed by atoms with Gasteiger partial charge in [-0.3, -0.25) is 0 Å². The molecule has 2 aromatic carbocycles. The molecule has 0 fully saturated rings. The van der Waals surface area contributed by atoms with E-state index < -0.39 is 0 Å². The number of hydrogen-bond donors (Lipinski definition) is 0. The molecule has 1 atom stereocenters. The quantitative estimate of drug-likeness (QED) is 0.670. The van der Waals surface area contributed by atoms with Gasteiger partial charge in [-0.2, -0.15) is 0 Å². The Morgan fingerprint density at radius 2 is 1.33 bits per heavy atom. The summed E-state index contributed by atoms with van der Waals surface area (Å²) in [5.74, 6) is 0.540. The van der Waals surface area contributed by atoms with Crippen molar-refractivity contribution in [1.29, 1.82) is 0 Å². The minimum atomic E-state index is 0.540. The highest BCUT2D eigenvalue weighted by Crippen LogP contribution is 2.23. The number of halogens is 2. The van der Waals surface area contributed by atoms with Crippen LogP contribution in [-0.2, 0) is 6.42 Å². The molecule has 0 radical (unpaired) electrons. The van der Waals surface area contributed by atoms with Crippen LogP contribution in [0.15, 0.2) is 48.5 Å². The summed E-state index contributed by atoms with van der Waals surface area (Å²) >= 11 is 11.8. The second-order valence-electron chi connectivity index (χ2n) is 4.62. The van der Waals surface area contributed by atoms with Gasteiger partial charge in [-0.15, -0.1) is 0 Å². The van der Waals surface area contributed by atoms with E-state index >= 15 is 0 Å². The first-order valence-electron chi connectivity index (χ1n) is 6.15. The summed E-state index contributed by atoms with van der Waals surface area (Å²) in [6.45, 7) is 2.25. The highest BCUT2D eigenvalue weighted by Gasteiger charge is 2.05. The average molecular weight is 279 g/mol. The molecule has 0 saturated carbocycles. The molecule has 0 nitrogen and oxygen atoms in total. The minimum absolute atomic E-state index is 0.540. The van der Waals surface area contributed by atoms with E-state index in [0.717, 1.165) is 22.9 Å². The predicted octanol–water partition coefficient (Wildman–Crippen LogP) is 5.73. The minimum Gasteiger partial charge on any atom is -0.0843 e. The Bertz CT molecular complexity index is 486. The van der Waals surface area contributed by atoms with E-state index in [1.54, 1.807) is 0 Å². The lowest BCUT2D eigenvalue weighted by Gasteiger charge is -2.12. The smallest absolute Gasteiger partial charge is 0.0406 e. The third-order valence-corrected chi connectivity index (χ3v) is 3.72. The highest BCUT2D eigenvalue weighted by molar-refractivity contribution is 6.30. The molecule has 1 unspecified atom stereocenters. The zero-order valence-corrected chi connectivity index (χ0v) is 11.9. The van der Waals surface area contributed by atoms with Crippen LogP contribution in [0.25, 0.3) is 0 Å². The lowest BCUT2D eigenvalue weighted by molar-refractivity contribution is 0.679. The highest BCUT2D eigenvalue weighted by atomic mass is 35.5. The third kappa shape index (κ3) is 3.76. The van der Waals surface area contributed by atoms with Gasteiger partial charge in [0.1, 0.15) is 0 Å². The maximum Gasteiger partial charge on any atom is 0.0406 e. The summed E-state index contributed by atoms with van der Waals surface area (Å²) < 4.78 is 0. The number of aryl methyl sites for hydroxylation is 1. The SMILES string of the molecule is CC(CCc1ccc(Cl)cc1)c1ccc(Cl)cc1. The molecular formula is C16H16Cl2. The Morgan fingerprint density at radius 1 is 0.833 bits per heavy atom. The van der Waals surface area contributed by atoms with Crippen LogP contribution in [0.1, 0.15) is 30.4 Å². The monoisotopic (exact) mass is 278 g/mol. The maximum atomic E-state index is 5.89.